The molecule has 0 saturated heterocycles. The van der Waals surface area contributed by atoms with Crippen LogP contribution in [0.1, 0.15) is 12.7 Å². The fraction of sp³-hybridized carbons (Fsp3) is 0.385. The van der Waals surface area contributed by atoms with Gasteiger partial charge in [-0.1, -0.05) is 11.8 Å². The molecule has 0 unspecified atom stereocenters. The van der Waals surface area contributed by atoms with E-state index in [1.54, 1.807) is 13.0 Å². The van der Waals surface area contributed by atoms with Gasteiger partial charge in [0.15, 0.2) is 0 Å². The van der Waals surface area contributed by atoms with Gasteiger partial charge in [-0.25, -0.2) is 0 Å². The summed E-state index contributed by atoms with van der Waals surface area (Å²) < 4.78 is 10.6. The summed E-state index contributed by atoms with van der Waals surface area (Å²) in [6, 6.07) is 1.73. The molecule has 0 spiro atoms. The smallest absolute Gasteiger partial charge is 0.277 e. The Morgan fingerprint density at radius 2 is 2.09 bits per heavy atom. The van der Waals surface area contributed by atoms with E-state index in [1.807, 2.05) is 6.92 Å². The lowest BCUT2D eigenvalue weighted by Gasteiger charge is -2.03. The van der Waals surface area contributed by atoms with Gasteiger partial charge >= 0.3 is 0 Å². The van der Waals surface area contributed by atoms with Gasteiger partial charge in [0, 0.05) is 6.54 Å². The van der Waals surface area contributed by atoms with Gasteiger partial charge in [0.1, 0.15) is 5.76 Å². The van der Waals surface area contributed by atoms with Crippen molar-refractivity contribution in [2.45, 2.75) is 19.1 Å². The second-order valence-electron chi connectivity index (χ2n) is 4.28. The van der Waals surface area contributed by atoms with E-state index in [4.69, 9.17) is 8.83 Å². The molecule has 2 aromatic rings. The molecule has 2 aromatic heterocycles. The molecule has 2 N–H and O–H groups in total. The number of nitrogens with zero attached hydrogens (tertiary/aromatic N) is 2. The standard InChI is InChI=1S/C13H16N4O4S/c1-3-14-10(18)6-15-11(19)7-22-13-17-16-12(21-13)9-4-5-20-8(9)2/h4-5H,3,6-7H2,1-2H3,(H,14,18)(H,15,19). The third kappa shape index (κ3) is 4.35. The number of aryl methyl sites for hydroxylation is 1. The number of carbonyl (C=O) groups excluding carboxylic acids is 2. The molecule has 0 aliphatic rings. The Balaban J connectivity index is 1.80. The highest BCUT2D eigenvalue weighted by molar-refractivity contribution is 7.99. The average molecular weight is 324 g/mol. The first kappa shape index (κ1) is 16.1. The zero-order valence-corrected chi connectivity index (χ0v) is 13.0. The van der Waals surface area contributed by atoms with Crippen molar-refractivity contribution in [2.75, 3.05) is 18.8 Å². The van der Waals surface area contributed by atoms with E-state index in [0.717, 1.165) is 17.3 Å². The molecule has 0 bridgehead atoms. The summed E-state index contributed by atoms with van der Waals surface area (Å²) in [4.78, 5) is 22.8. The molecule has 0 radical (unpaired) electrons. The largest absolute Gasteiger partial charge is 0.469 e. The van der Waals surface area contributed by atoms with Crippen LogP contribution in [0.15, 0.2) is 26.4 Å². The van der Waals surface area contributed by atoms with Gasteiger partial charge < -0.3 is 19.5 Å². The van der Waals surface area contributed by atoms with E-state index < -0.39 is 0 Å². The molecule has 2 rings (SSSR count). The van der Waals surface area contributed by atoms with Crippen LogP contribution in [0.2, 0.25) is 0 Å². The molecule has 0 aliphatic heterocycles. The lowest BCUT2D eigenvalue weighted by Crippen LogP contribution is -2.37. The molecule has 118 valence electrons. The number of hydrogen-bond acceptors (Lipinski definition) is 7. The normalized spacial score (nSPS) is 10.5. The van der Waals surface area contributed by atoms with Crippen molar-refractivity contribution < 1.29 is 18.4 Å². The van der Waals surface area contributed by atoms with Crippen molar-refractivity contribution in [3.05, 3.63) is 18.1 Å². The Kier molecular flexibility index (Phi) is 5.59. The van der Waals surface area contributed by atoms with Crippen molar-refractivity contribution >= 4 is 23.6 Å². The molecular weight excluding hydrogens is 308 g/mol. The van der Waals surface area contributed by atoms with Crippen molar-refractivity contribution in [1.29, 1.82) is 0 Å². The third-order valence-corrected chi connectivity index (χ3v) is 3.46. The molecule has 8 nitrogen and oxygen atoms in total. The van der Waals surface area contributed by atoms with Crippen LogP contribution in [-0.2, 0) is 9.59 Å². The quantitative estimate of drug-likeness (QED) is 0.730. The van der Waals surface area contributed by atoms with Gasteiger partial charge in [-0.05, 0) is 19.9 Å². The highest BCUT2D eigenvalue weighted by Crippen LogP contribution is 2.25. The van der Waals surface area contributed by atoms with Crippen LogP contribution < -0.4 is 10.6 Å². The van der Waals surface area contributed by atoms with Gasteiger partial charge in [0.25, 0.3) is 11.1 Å². The molecule has 2 heterocycles. The monoisotopic (exact) mass is 324 g/mol. The minimum absolute atomic E-state index is 0.0451. The van der Waals surface area contributed by atoms with E-state index in [9.17, 15) is 9.59 Å². The Morgan fingerprint density at radius 3 is 2.77 bits per heavy atom. The maximum absolute atomic E-state index is 11.6. The van der Waals surface area contributed by atoms with Crippen LogP contribution in [0.5, 0.6) is 0 Å². The van der Waals surface area contributed by atoms with Gasteiger partial charge in [-0.3, -0.25) is 9.59 Å². The van der Waals surface area contributed by atoms with Crippen LogP contribution in [0.25, 0.3) is 11.5 Å². The van der Waals surface area contributed by atoms with E-state index in [-0.39, 0.29) is 29.3 Å². The minimum Gasteiger partial charge on any atom is -0.469 e. The maximum Gasteiger partial charge on any atom is 0.277 e. The number of amides is 2. The second-order valence-corrected chi connectivity index (χ2v) is 5.21. The molecule has 0 aliphatic carbocycles. The van der Waals surface area contributed by atoms with Crippen LogP contribution in [-0.4, -0.2) is 40.9 Å². The Morgan fingerprint density at radius 1 is 1.27 bits per heavy atom. The summed E-state index contributed by atoms with van der Waals surface area (Å²) in [5, 5.41) is 13.1. The van der Waals surface area contributed by atoms with Gasteiger partial charge in [0.05, 0.1) is 24.1 Å². The summed E-state index contributed by atoms with van der Waals surface area (Å²) in [5.41, 5.74) is 0.722. The fourth-order valence-corrected chi connectivity index (χ4v) is 2.19. The SMILES string of the molecule is CCNC(=O)CNC(=O)CSc1nnc(-c2ccoc2C)o1. The van der Waals surface area contributed by atoms with E-state index in [2.05, 4.69) is 20.8 Å². The van der Waals surface area contributed by atoms with Gasteiger partial charge in [-0.2, -0.15) is 0 Å². The number of aromatic nitrogens is 2. The van der Waals surface area contributed by atoms with Crippen molar-refractivity contribution in [1.82, 2.24) is 20.8 Å². The summed E-state index contributed by atoms with van der Waals surface area (Å²) >= 11 is 1.10. The number of nitrogens with one attached hydrogen (secondary N) is 2. The first-order valence-electron chi connectivity index (χ1n) is 6.64. The number of likely N-dealkylation sites (N-methyl/N-ethyl adjacent to an activating group) is 1. The zero-order chi connectivity index (χ0) is 15.9. The Labute approximate surface area is 131 Å². The molecule has 0 aromatic carbocycles. The Bertz CT molecular complexity index is 652. The van der Waals surface area contributed by atoms with Crippen molar-refractivity contribution in [2.24, 2.45) is 0 Å². The maximum atomic E-state index is 11.6. The lowest BCUT2D eigenvalue weighted by atomic mass is 10.3. The summed E-state index contributed by atoms with van der Waals surface area (Å²) in [6.45, 7) is 4.09. The molecule has 0 fully saturated rings. The highest BCUT2D eigenvalue weighted by atomic mass is 32.2. The van der Waals surface area contributed by atoms with Gasteiger partial charge in [0.2, 0.25) is 11.8 Å². The topological polar surface area (TPSA) is 110 Å². The molecule has 2 amide bonds. The van der Waals surface area contributed by atoms with E-state index in [1.165, 1.54) is 6.26 Å². The van der Waals surface area contributed by atoms with Gasteiger partial charge in [-0.15, -0.1) is 10.2 Å². The lowest BCUT2D eigenvalue weighted by molar-refractivity contribution is -0.124. The molecule has 9 heteroatoms. The van der Waals surface area contributed by atoms with E-state index >= 15 is 0 Å². The molecule has 22 heavy (non-hydrogen) atoms. The predicted octanol–water partition coefficient (Wildman–Crippen LogP) is 0.982. The van der Waals surface area contributed by atoms with Crippen molar-refractivity contribution in [3.8, 4) is 11.5 Å². The van der Waals surface area contributed by atoms with Crippen LogP contribution in [0.3, 0.4) is 0 Å². The Hall–Kier alpha value is -2.29. The highest BCUT2D eigenvalue weighted by Gasteiger charge is 2.14. The number of carbonyl (C=O) groups is 2. The van der Waals surface area contributed by atoms with Crippen LogP contribution in [0, 0.1) is 6.92 Å². The predicted molar refractivity (Wildman–Crippen MR) is 79.2 cm³/mol. The third-order valence-electron chi connectivity index (χ3n) is 2.64. The zero-order valence-electron chi connectivity index (χ0n) is 12.2. The number of hydrogen-bond donors (Lipinski definition) is 2. The number of furan rings is 1. The average Bonchev–Trinajstić information content (AvgIpc) is 3.11. The molecule has 0 saturated carbocycles. The number of rotatable bonds is 7. The summed E-state index contributed by atoms with van der Waals surface area (Å²) in [5.74, 6) is 0.606. The summed E-state index contributed by atoms with van der Waals surface area (Å²) in [7, 11) is 0. The summed E-state index contributed by atoms with van der Waals surface area (Å²) in [6.07, 6.45) is 1.54. The second kappa shape index (κ2) is 7.64. The first-order valence-corrected chi connectivity index (χ1v) is 7.63. The van der Waals surface area contributed by atoms with Crippen LogP contribution in [0.4, 0.5) is 0 Å². The minimum atomic E-state index is -0.282. The molecule has 0 atom stereocenters. The van der Waals surface area contributed by atoms with Crippen LogP contribution >= 0.6 is 11.8 Å². The fourth-order valence-electron chi connectivity index (χ4n) is 1.60. The van der Waals surface area contributed by atoms with E-state index in [0.29, 0.717) is 18.2 Å². The molecular formula is C13H16N4O4S. The first-order chi connectivity index (χ1) is 10.6. The number of thioether (sulfide) groups is 1. The van der Waals surface area contributed by atoms with Crippen molar-refractivity contribution in [3.63, 3.8) is 0 Å².